The van der Waals surface area contributed by atoms with Crippen LogP contribution in [0.4, 0.5) is 4.79 Å². The molecule has 3 N–H and O–H groups in total. The van der Waals surface area contributed by atoms with Crippen LogP contribution in [0.25, 0.3) is 11.0 Å². The van der Waals surface area contributed by atoms with Gasteiger partial charge in [0.1, 0.15) is 0 Å². The molecule has 0 aliphatic carbocycles. The number of primary amides is 1. The standard InChI is InChI=1S/C14H13N5OS/c15-14(20)18-17-6-11-5-10(8-21-11)7-19-9-16-12-3-1-2-4-13(12)19/h1-6,8-9H,7H2,(H3,15,18,20). The molecule has 0 atom stereocenters. The van der Waals surface area contributed by atoms with Crippen molar-refractivity contribution in [2.24, 2.45) is 10.8 Å². The Bertz CT molecular complexity index is 804. The van der Waals surface area contributed by atoms with Crippen molar-refractivity contribution < 1.29 is 4.79 Å². The minimum atomic E-state index is -0.673. The Hall–Kier alpha value is -2.67. The Morgan fingerprint density at radius 2 is 2.33 bits per heavy atom. The van der Waals surface area contributed by atoms with E-state index in [0.29, 0.717) is 0 Å². The quantitative estimate of drug-likeness (QED) is 0.571. The third kappa shape index (κ3) is 3.09. The second-order valence-corrected chi connectivity index (χ2v) is 5.40. The lowest BCUT2D eigenvalue weighted by Crippen LogP contribution is -2.24. The first-order valence-corrected chi connectivity index (χ1v) is 7.16. The number of amides is 2. The largest absolute Gasteiger partial charge is 0.350 e. The monoisotopic (exact) mass is 299 g/mol. The molecule has 0 fully saturated rings. The lowest BCUT2D eigenvalue weighted by Gasteiger charge is -2.01. The summed E-state index contributed by atoms with van der Waals surface area (Å²) in [6.45, 7) is 0.744. The molecule has 0 aliphatic heterocycles. The van der Waals surface area contributed by atoms with Gasteiger partial charge in [-0.05, 0) is 29.1 Å². The second kappa shape index (κ2) is 5.76. The van der Waals surface area contributed by atoms with Gasteiger partial charge in [0.2, 0.25) is 0 Å². The molecule has 1 aromatic carbocycles. The molecule has 2 amide bonds. The van der Waals surface area contributed by atoms with Crippen molar-refractivity contribution in [1.82, 2.24) is 15.0 Å². The predicted molar refractivity (Wildman–Crippen MR) is 83.5 cm³/mol. The number of thiophene rings is 1. The van der Waals surface area contributed by atoms with Gasteiger partial charge in [-0.1, -0.05) is 12.1 Å². The molecule has 6 nitrogen and oxygen atoms in total. The molecule has 21 heavy (non-hydrogen) atoms. The summed E-state index contributed by atoms with van der Waals surface area (Å²) in [5.41, 5.74) is 10.4. The summed E-state index contributed by atoms with van der Waals surface area (Å²) in [4.78, 5) is 15.8. The number of nitrogens with one attached hydrogen (secondary N) is 1. The summed E-state index contributed by atoms with van der Waals surface area (Å²) in [6.07, 6.45) is 3.41. The van der Waals surface area contributed by atoms with E-state index in [0.717, 1.165) is 28.0 Å². The number of hydrogen-bond acceptors (Lipinski definition) is 4. The molecule has 2 heterocycles. The number of imidazole rings is 1. The summed E-state index contributed by atoms with van der Waals surface area (Å²) < 4.78 is 2.10. The number of para-hydroxylation sites is 2. The minimum Gasteiger partial charge on any atom is -0.350 e. The maximum atomic E-state index is 10.5. The van der Waals surface area contributed by atoms with Crippen LogP contribution in [-0.2, 0) is 6.54 Å². The van der Waals surface area contributed by atoms with Crippen molar-refractivity contribution in [3.63, 3.8) is 0 Å². The number of fused-ring (bicyclic) bond motifs is 1. The average Bonchev–Trinajstić information content (AvgIpc) is 3.07. The molecule has 0 bridgehead atoms. The zero-order valence-electron chi connectivity index (χ0n) is 11.1. The maximum absolute atomic E-state index is 10.5. The van der Waals surface area contributed by atoms with Crippen LogP contribution in [0, 0.1) is 0 Å². The molecule has 7 heteroatoms. The molecule has 0 aliphatic rings. The number of rotatable bonds is 4. The molecule has 0 unspecified atom stereocenters. The van der Waals surface area contributed by atoms with Crippen molar-refractivity contribution in [1.29, 1.82) is 0 Å². The molecule has 0 saturated heterocycles. The predicted octanol–water partition coefficient (Wildman–Crippen LogP) is 2.15. The first kappa shape index (κ1) is 13.3. The van der Waals surface area contributed by atoms with Crippen molar-refractivity contribution >= 4 is 34.6 Å². The Morgan fingerprint density at radius 1 is 1.48 bits per heavy atom. The Balaban J connectivity index is 1.75. The smallest absolute Gasteiger partial charge is 0.332 e. The number of urea groups is 1. The number of carbonyl (C=O) groups is 1. The van der Waals surface area contributed by atoms with Crippen LogP contribution in [0.5, 0.6) is 0 Å². The SMILES string of the molecule is NC(=O)NN=Cc1cc(Cn2cnc3ccccc32)cs1. The summed E-state index contributed by atoms with van der Waals surface area (Å²) in [7, 11) is 0. The fraction of sp³-hybridized carbons (Fsp3) is 0.0714. The molecule has 3 aromatic rings. The molecule has 0 saturated carbocycles. The fourth-order valence-corrected chi connectivity index (χ4v) is 2.80. The normalized spacial score (nSPS) is 11.2. The van der Waals surface area contributed by atoms with E-state index in [1.54, 1.807) is 17.6 Å². The van der Waals surface area contributed by atoms with E-state index in [2.05, 4.69) is 25.5 Å². The van der Waals surface area contributed by atoms with Crippen LogP contribution in [0.15, 0.2) is 47.1 Å². The molecular formula is C14H13N5OS. The van der Waals surface area contributed by atoms with Crippen LogP contribution >= 0.6 is 11.3 Å². The Morgan fingerprint density at radius 3 is 3.19 bits per heavy atom. The maximum Gasteiger partial charge on any atom is 0.332 e. The van der Waals surface area contributed by atoms with Gasteiger partial charge in [0.25, 0.3) is 0 Å². The van der Waals surface area contributed by atoms with Crippen LogP contribution in [-0.4, -0.2) is 21.8 Å². The summed E-state index contributed by atoms with van der Waals surface area (Å²) in [6, 6.07) is 9.37. The average molecular weight is 299 g/mol. The van der Waals surface area contributed by atoms with E-state index in [4.69, 9.17) is 5.73 Å². The minimum absolute atomic E-state index is 0.673. The molecule has 0 radical (unpaired) electrons. The molecular weight excluding hydrogens is 286 g/mol. The highest BCUT2D eigenvalue weighted by Gasteiger charge is 2.04. The second-order valence-electron chi connectivity index (χ2n) is 4.45. The molecule has 106 valence electrons. The van der Waals surface area contributed by atoms with E-state index >= 15 is 0 Å². The van der Waals surface area contributed by atoms with E-state index in [1.807, 2.05) is 36.7 Å². The molecule has 2 aromatic heterocycles. The zero-order valence-corrected chi connectivity index (χ0v) is 11.9. The lowest BCUT2D eigenvalue weighted by atomic mass is 10.3. The van der Waals surface area contributed by atoms with Crippen LogP contribution in [0.1, 0.15) is 10.4 Å². The summed E-state index contributed by atoms with van der Waals surface area (Å²) in [5.74, 6) is 0. The first-order valence-electron chi connectivity index (χ1n) is 6.28. The number of hydrogen-bond donors (Lipinski definition) is 2. The van der Waals surface area contributed by atoms with E-state index in [-0.39, 0.29) is 0 Å². The number of aromatic nitrogens is 2. The fourth-order valence-electron chi connectivity index (χ4n) is 2.04. The number of nitrogens with two attached hydrogens (primary N) is 1. The molecule has 0 spiro atoms. The summed E-state index contributed by atoms with van der Waals surface area (Å²) >= 11 is 1.55. The van der Waals surface area contributed by atoms with Crippen LogP contribution in [0.3, 0.4) is 0 Å². The number of hydrazone groups is 1. The van der Waals surface area contributed by atoms with Gasteiger partial charge in [-0.3, -0.25) is 0 Å². The molecule has 3 rings (SSSR count). The van der Waals surface area contributed by atoms with E-state index in [9.17, 15) is 4.79 Å². The van der Waals surface area contributed by atoms with Gasteiger partial charge < -0.3 is 10.3 Å². The number of nitrogens with zero attached hydrogens (tertiary/aromatic N) is 3. The topological polar surface area (TPSA) is 85.3 Å². The third-order valence-electron chi connectivity index (χ3n) is 2.92. The van der Waals surface area contributed by atoms with E-state index in [1.165, 1.54) is 0 Å². The van der Waals surface area contributed by atoms with Gasteiger partial charge >= 0.3 is 6.03 Å². The highest BCUT2D eigenvalue weighted by molar-refractivity contribution is 7.11. The zero-order chi connectivity index (χ0) is 14.7. The van der Waals surface area contributed by atoms with Crippen molar-refractivity contribution in [2.45, 2.75) is 6.54 Å². The van der Waals surface area contributed by atoms with Crippen LogP contribution in [0.2, 0.25) is 0 Å². The van der Waals surface area contributed by atoms with Gasteiger partial charge in [-0.15, -0.1) is 11.3 Å². The lowest BCUT2D eigenvalue weighted by molar-refractivity contribution is 0.249. The Kier molecular flexibility index (Phi) is 3.65. The van der Waals surface area contributed by atoms with Crippen molar-refractivity contribution in [2.75, 3.05) is 0 Å². The van der Waals surface area contributed by atoms with Crippen LogP contribution < -0.4 is 11.2 Å². The Labute approximate surface area is 124 Å². The highest BCUT2D eigenvalue weighted by Crippen LogP contribution is 2.17. The number of benzene rings is 1. The third-order valence-corrected chi connectivity index (χ3v) is 3.84. The van der Waals surface area contributed by atoms with Gasteiger partial charge in [0.05, 0.1) is 23.6 Å². The first-order chi connectivity index (χ1) is 10.2. The number of carbonyl (C=O) groups excluding carboxylic acids is 1. The summed E-state index contributed by atoms with van der Waals surface area (Å²) in [5, 5.41) is 5.80. The van der Waals surface area contributed by atoms with Crippen molar-refractivity contribution in [3.05, 3.63) is 52.5 Å². The van der Waals surface area contributed by atoms with Gasteiger partial charge in [-0.2, -0.15) is 5.10 Å². The highest BCUT2D eigenvalue weighted by atomic mass is 32.1. The van der Waals surface area contributed by atoms with Crippen molar-refractivity contribution in [3.8, 4) is 0 Å². The van der Waals surface area contributed by atoms with E-state index < -0.39 is 6.03 Å². The van der Waals surface area contributed by atoms with Gasteiger partial charge in [0, 0.05) is 11.4 Å². The van der Waals surface area contributed by atoms with Gasteiger partial charge in [0.15, 0.2) is 0 Å². The van der Waals surface area contributed by atoms with Gasteiger partial charge in [-0.25, -0.2) is 15.2 Å².